The quantitative estimate of drug-likeness (QED) is 0.503. The van der Waals surface area contributed by atoms with Crippen molar-refractivity contribution in [2.24, 2.45) is 0 Å². The van der Waals surface area contributed by atoms with E-state index in [1.807, 2.05) is 6.92 Å². The minimum atomic E-state index is -1.26. The SMILES string of the molecule is CCNCCc1nnc(-c2cc(F)c(F)cc2[N+](=O)[O-])s1. The molecule has 0 aliphatic rings. The van der Waals surface area contributed by atoms with Crippen LogP contribution in [-0.2, 0) is 6.42 Å². The fraction of sp³-hybridized carbons (Fsp3) is 0.333. The molecule has 0 bridgehead atoms. The Balaban J connectivity index is 2.33. The topological polar surface area (TPSA) is 81.0 Å². The van der Waals surface area contributed by atoms with Gasteiger partial charge in [-0.1, -0.05) is 18.3 Å². The van der Waals surface area contributed by atoms with Crippen LogP contribution in [0.15, 0.2) is 12.1 Å². The second kappa shape index (κ2) is 6.64. The molecule has 0 unspecified atom stereocenters. The summed E-state index contributed by atoms with van der Waals surface area (Å²) in [6, 6.07) is 1.34. The fourth-order valence-electron chi connectivity index (χ4n) is 1.69. The highest BCUT2D eigenvalue weighted by molar-refractivity contribution is 7.14. The maximum atomic E-state index is 13.3. The Bertz CT molecular complexity index is 663. The van der Waals surface area contributed by atoms with Gasteiger partial charge < -0.3 is 5.32 Å². The molecule has 0 atom stereocenters. The smallest absolute Gasteiger partial charge is 0.282 e. The van der Waals surface area contributed by atoms with Crippen LogP contribution in [0.25, 0.3) is 10.6 Å². The van der Waals surface area contributed by atoms with Crippen LogP contribution in [0.1, 0.15) is 11.9 Å². The molecule has 1 aromatic heterocycles. The third-order valence-corrected chi connectivity index (χ3v) is 3.71. The van der Waals surface area contributed by atoms with Crippen LogP contribution in [0, 0.1) is 21.7 Å². The summed E-state index contributed by atoms with van der Waals surface area (Å²) in [6.45, 7) is 3.49. The van der Waals surface area contributed by atoms with Gasteiger partial charge in [-0.25, -0.2) is 8.78 Å². The number of aromatic nitrogens is 2. The van der Waals surface area contributed by atoms with Gasteiger partial charge in [0.1, 0.15) is 5.01 Å². The first-order valence-electron chi connectivity index (χ1n) is 6.19. The van der Waals surface area contributed by atoms with Crippen LogP contribution in [0.3, 0.4) is 0 Å². The third kappa shape index (κ3) is 3.56. The third-order valence-electron chi connectivity index (χ3n) is 2.70. The summed E-state index contributed by atoms with van der Waals surface area (Å²) in [7, 11) is 0. The highest BCUT2D eigenvalue weighted by Gasteiger charge is 2.22. The number of likely N-dealkylation sites (N-methyl/N-ethyl adjacent to an activating group) is 1. The molecule has 0 aliphatic carbocycles. The summed E-state index contributed by atoms with van der Waals surface area (Å²) >= 11 is 1.13. The number of rotatable bonds is 6. The van der Waals surface area contributed by atoms with Crippen molar-refractivity contribution in [3.63, 3.8) is 0 Å². The molecule has 6 nitrogen and oxygen atoms in total. The number of halogens is 2. The zero-order valence-electron chi connectivity index (χ0n) is 11.1. The summed E-state index contributed by atoms with van der Waals surface area (Å²) in [4.78, 5) is 10.2. The van der Waals surface area contributed by atoms with Crippen molar-refractivity contribution in [3.8, 4) is 10.6 Å². The molecule has 112 valence electrons. The zero-order chi connectivity index (χ0) is 15.4. The van der Waals surface area contributed by atoms with E-state index in [1.54, 1.807) is 0 Å². The molecule has 1 aromatic carbocycles. The lowest BCUT2D eigenvalue weighted by molar-refractivity contribution is -0.384. The molecule has 0 aliphatic heterocycles. The molecule has 9 heteroatoms. The standard InChI is InChI=1S/C12H12F2N4O2S/c1-2-15-4-3-11-16-17-12(21-11)7-5-8(13)9(14)6-10(7)18(19)20/h5-6,15H,2-4H2,1H3. The van der Waals surface area contributed by atoms with Gasteiger partial charge in [-0.3, -0.25) is 10.1 Å². The predicted octanol–water partition coefficient (Wildman–Crippen LogP) is 2.54. The Hall–Kier alpha value is -2.00. The van der Waals surface area contributed by atoms with E-state index in [0.717, 1.165) is 23.9 Å². The van der Waals surface area contributed by atoms with E-state index >= 15 is 0 Å². The van der Waals surface area contributed by atoms with Crippen LogP contribution in [0.4, 0.5) is 14.5 Å². The van der Waals surface area contributed by atoms with Crippen LogP contribution < -0.4 is 5.32 Å². The number of nitro benzene ring substituents is 1. The van der Waals surface area contributed by atoms with Crippen LogP contribution in [0.2, 0.25) is 0 Å². The van der Waals surface area contributed by atoms with Gasteiger partial charge in [-0.05, 0) is 12.6 Å². The molecule has 0 fully saturated rings. The van der Waals surface area contributed by atoms with E-state index in [-0.39, 0.29) is 10.6 Å². The lowest BCUT2D eigenvalue weighted by Crippen LogP contribution is -2.15. The number of hydrogen-bond acceptors (Lipinski definition) is 6. The zero-order valence-corrected chi connectivity index (χ0v) is 11.9. The average molecular weight is 314 g/mol. The maximum Gasteiger partial charge on any atom is 0.282 e. The molecule has 2 rings (SSSR count). The molecule has 0 saturated carbocycles. The second-order valence-electron chi connectivity index (χ2n) is 4.15. The van der Waals surface area contributed by atoms with Gasteiger partial charge >= 0.3 is 0 Å². The molecule has 1 N–H and O–H groups in total. The van der Waals surface area contributed by atoms with Crippen LogP contribution in [0.5, 0.6) is 0 Å². The highest BCUT2D eigenvalue weighted by atomic mass is 32.1. The summed E-state index contributed by atoms with van der Waals surface area (Å²) < 4.78 is 26.4. The maximum absolute atomic E-state index is 13.3. The normalized spacial score (nSPS) is 10.8. The van der Waals surface area contributed by atoms with Crippen molar-refractivity contribution in [1.29, 1.82) is 0 Å². The van der Waals surface area contributed by atoms with Crippen molar-refractivity contribution < 1.29 is 13.7 Å². The van der Waals surface area contributed by atoms with Crippen molar-refractivity contribution in [3.05, 3.63) is 38.9 Å². The lowest BCUT2D eigenvalue weighted by Gasteiger charge is -2.00. The van der Waals surface area contributed by atoms with Gasteiger partial charge in [0, 0.05) is 13.0 Å². The molecule has 0 amide bonds. The predicted molar refractivity (Wildman–Crippen MR) is 74.2 cm³/mol. The average Bonchev–Trinajstić information content (AvgIpc) is 2.90. The summed E-state index contributed by atoms with van der Waals surface area (Å²) in [5.41, 5.74) is -0.589. The summed E-state index contributed by atoms with van der Waals surface area (Å²) in [5.74, 6) is -2.41. The second-order valence-corrected chi connectivity index (χ2v) is 5.21. The number of nitrogens with zero attached hydrogens (tertiary/aromatic N) is 3. The molecule has 2 aromatic rings. The van der Waals surface area contributed by atoms with Gasteiger partial charge in [0.15, 0.2) is 16.6 Å². The number of nitrogens with one attached hydrogen (secondary N) is 1. The van der Waals surface area contributed by atoms with Crippen molar-refractivity contribution in [1.82, 2.24) is 15.5 Å². The number of hydrogen-bond donors (Lipinski definition) is 1. The van der Waals surface area contributed by atoms with E-state index in [4.69, 9.17) is 0 Å². The molecule has 0 spiro atoms. The molecule has 1 heterocycles. The van der Waals surface area contributed by atoms with Crippen molar-refractivity contribution >= 4 is 17.0 Å². The molecular weight excluding hydrogens is 302 g/mol. The van der Waals surface area contributed by atoms with E-state index in [9.17, 15) is 18.9 Å². The lowest BCUT2D eigenvalue weighted by atomic mass is 10.2. The van der Waals surface area contributed by atoms with E-state index < -0.39 is 22.2 Å². The van der Waals surface area contributed by atoms with E-state index in [1.165, 1.54) is 0 Å². The molecule has 0 saturated heterocycles. The Morgan fingerprint density at radius 1 is 1.33 bits per heavy atom. The molecular formula is C12H12F2N4O2S. The molecule has 21 heavy (non-hydrogen) atoms. The first-order chi connectivity index (χ1) is 10.0. The highest BCUT2D eigenvalue weighted by Crippen LogP contribution is 2.33. The Morgan fingerprint density at radius 3 is 2.71 bits per heavy atom. The van der Waals surface area contributed by atoms with Gasteiger partial charge in [0.2, 0.25) is 0 Å². The minimum absolute atomic E-state index is 0.0638. The molecule has 0 radical (unpaired) electrons. The Morgan fingerprint density at radius 2 is 2.05 bits per heavy atom. The van der Waals surface area contributed by atoms with Gasteiger partial charge in [0.25, 0.3) is 5.69 Å². The van der Waals surface area contributed by atoms with Crippen LogP contribution in [-0.4, -0.2) is 28.2 Å². The first-order valence-corrected chi connectivity index (χ1v) is 7.01. The monoisotopic (exact) mass is 314 g/mol. The summed E-state index contributed by atoms with van der Waals surface area (Å²) in [6.07, 6.45) is 0.614. The van der Waals surface area contributed by atoms with Crippen molar-refractivity contribution in [2.45, 2.75) is 13.3 Å². The van der Waals surface area contributed by atoms with Gasteiger partial charge in [0.05, 0.1) is 16.6 Å². The van der Waals surface area contributed by atoms with Crippen LogP contribution >= 0.6 is 11.3 Å². The minimum Gasteiger partial charge on any atom is -0.317 e. The first kappa shape index (κ1) is 15.4. The number of benzene rings is 1. The number of nitro groups is 1. The Kier molecular flexibility index (Phi) is 4.86. The van der Waals surface area contributed by atoms with E-state index in [0.29, 0.717) is 24.0 Å². The fourth-order valence-corrected chi connectivity index (χ4v) is 2.56. The van der Waals surface area contributed by atoms with Gasteiger partial charge in [-0.2, -0.15) is 0 Å². The summed E-state index contributed by atoms with van der Waals surface area (Å²) in [5, 5.41) is 22.7. The van der Waals surface area contributed by atoms with E-state index in [2.05, 4.69) is 15.5 Å². The van der Waals surface area contributed by atoms with Crippen molar-refractivity contribution in [2.75, 3.05) is 13.1 Å². The van der Waals surface area contributed by atoms with Gasteiger partial charge in [-0.15, -0.1) is 10.2 Å². The Labute approximate surface area is 123 Å². The largest absolute Gasteiger partial charge is 0.317 e.